The second kappa shape index (κ2) is 3.00. The van der Waals surface area contributed by atoms with Crippen molar-refractivity contribution in [2.75, 3.05) is 0 Å². The lowest BCUT2D eigenvalue weighted by atomic mass is 10.2. The SMILES string of the molecule is O=CCCc1conc1O. The van der Waals surface area contributed by atoms with Crippen LogP contribution in [-0.2, 0) is 11.2 Å². The largest absolute Gasteiger partial charge is 0.491 e. The van der Waals surface area contributed by atoms with Crippen molar-refractivity contribution in [3.8, 4) is 5.88 Å². The molecular weight excluding hydrogens is 134 g/mol. The summed E-state index contributed by atoms with van der Waals surface area (Å²) < 4.78 is 4.43. The molecule has 1 rings (SSSR count). The average molecular weight is 141 g/mol. The first-order chi connectivity index (χ1) is 4.84. The van der Waals surface area contributed by atoms with Gasteiger partial charge in [0.05, 0.1) is 5.56 Å². The highest BCUT2D eigenvalue weighted by atomic mass is 16.5. The number of carbonyl (C=O) groups excluding carboxylic acids is 1. The van der Waals surface area contributed by atoms with Crippen LogP contribution in [0.3, 0.4) is 0 Å². The van der Waals surface area contributed by atoms with E-state index < -0.39 is 0 Å². The number of rotatable bonds is 3. The summed E-state index contributed by atoms with van der Waals surface area (Å²) in [6.07, 6.45) is 2.99. The van der Waals surface area contributed by atoms with Gasteiger partial charge < -0.3 is 14.4 Å². The summed E-state index contributed by atoms with van der Waals surface area (Å²) >= 11 is 0. The Morgan fingerprint density at radius 1 is 1.80 bits per heavy atom. The molecule has 1 aromatic rings. The van der Waals surface area contributed by atoms with Gasteiger partial charge in [0, 0.05) is 6.42 Å². The van der Waals surface area contributed by atoms with Crippen molar-refractivity contribution in [3.63, 3.8) is 0 Å². The molecule has 1 heterocycles. The fourth-order valence-corrected chi connectivity index (χ4v) is 0.636. The molecule has 0 radical (unpaired) electrons. The molecule has 0 aliphatic carbocycles. The maximum atomic E-state index is 9.88. The Morgan fingerprint density at radius 2 is 2.60 bits per heavy atom. The van der Waals surface area contributed by atoms with Gasteiger partial charge in [-0.25, -0.2) is 0 Å². The molecule has 0 aliphatic rings. The second-order valence-corrected chi connectivity index (χ2v) is 1.87. The standard InChI is InChI=1S/C6H7NO3/c8-3-1-2-5-4-10-7-6(5)9/h3-4H,1-2H2,(H,7,9). The summed E-state index contributed by atoms with van der Waals surface area (Å²) in [6.45, 7) is 0. The zero-order chi connectivity index (χ0) is 7.40. The maximum absolute atomic E-state index is 9.88. The van der Waals surface area contributed by atoms with Gasteiger partial charge in [-0.3, -0.25) is 0 Å². The van der Waals surface area contributed by atoms with Gasteiger partial charge in [-0.2, -0.15) is 0 Å². The molecule has 0 saturated heterocycles. The molecule has 0 atom stereocenters. The number of carbonyl (C=O) groups is 1. The highest BCUT2D eigenvalue weighted by molar-refractivity contribution is 5.50. The van der Waals surface area contributed by atoms with Crippen LogP contribution in [0.4, 0.5) is 0 Å². The third-order valence-electron chi connectivity index (χ3n) is 1.15. The Balaban J connectivity index is 2.56. The maximum Gasteiger partial charge on any atom is 0.254 e. The van der Waals surface area contributed by atoms with Crippen molar-refractivity contribution >= 4 is 6.29 Å². The normalized spacial score (nSPS) is 9.60. The summed E-state index contributed by atoms with van der Waals surface area (Å²) in [7, 11) is 0. The molecule has 0 unspecified atom stereocenters. The van der Waals surface area contributed by atoms with Crippen molar-refractivity contribution in [1.82, 2.24) is 5.16 Å². The molecule has 0 aromatic carbocycles. The van der Waals surface area contributed by atoms with E-state index in [1.54, 1.807) is 0 Å². The van der Waals surface area contributed by atoms with Gasteiger partial charge in [-0.1, -0.05) is 0 Å². The highest BCUT2D eigenvalue weighted by Gasteiger charge is 2.03. The van der Waals surface area contributed by atoms with E-state index in [9.17, 15) is 4.79 Å². The summed E-state index contributed by atoms with van der Waals surface area (Å²) in [5, 5.41) is 12.1. The third kappa shape index (κ3) is 1.34. The second-order valence-electron chi connectivity index (χ2n) is 1.87. The van der Waals surface area contributed by atoms with E-state index in [1.807, 2.05) is 0 Å². The van der Waals surface area contributed by atoms with Crippen molar-refractivity contribution in [1.29, 1.82) is 0 Å². The molecule has 0 bridgehead atoms. The minimum Gasteiger partial charge on any atom is -0.491 e. The Kier molecular flexibility index (Phi) is 2.04. The van der Waals surface area contributed by atoms with Gasteiger partial charge in [0.15, 0.2) is 0 Å². The van der Waals surface area contributed by atoms with Crippen LogP contribution in [0.5, 0.6) is 5.88 Å². The zero-order valence-corrected chi connectivity index (χ0v) is 5.28. The Hall–Kier alpha value is -1.32. The van der Waals surface area contributed by atoms with Crippen LogP contribution in [0.15, 0.2) is 10.8 Å². The number of hydrogen-bond donors (Lipinski definition) is 1. The number of aldehydes is 1. The number of hydrogen-bond acceptors (Lipinski definition) is 4. The van der Waals surface area contributed by atoms with Crippen LogP contribution >= 0.6 is 0 Å². The van der Waals surface area contributed by atoms with Gasteiger partial charge in [0.2, 0.25) is 0 Å². The van der Waals surface area contributed by atoms with E-state index in [4.69, 9.17) is 5.11 Å². The lowest BCUT2D eigenvalue weighted by molar-refractivity contribution is -0.107. The summed E-state index contributed by atoms with van der Waals surface area (Å²) in [6, 6.07) is 0. The quantitative estimate of drug-likeness (QED) is 0.623. The average Bonchev–Trinajstić information content (AvgIpc) is 2.31. The molecule has 0 amide bonds. The lowest BCUT2D eigenvalue weighted by Gasteiger charge is -1.86. The van der Waals surface area contributed by atoms with Crippen LogP contribution in [0, 0.1) is 0 Å². The zero-order valence-electron chi connectivity index (χ0n) is 5.28. The van der Waals surface area contributed by atoms with E-state index in [0.717, 1.165) is 6.29 Å². The molecule has 1 N–H and O–H groups in total. The van der Waals surface area contributed by atoms with E-state index in [2.05, 4.69) is 9.68 Å². The Labute approximate surface area is 57.4 Å². The number of nitrogens with zero attached hydrogens (tertiary/aromatic N) is 1. The van der Waals surface area contributed by atoms with Crippen LogP contribution < -0.4 is 0 Å². The van der Waals surface area contributed by atoms with Crippen LogP contribution in [0.1, 0.15) is 12.0 Å². The predicted octanol–water partition coefficient (Wildman–Crippen LogP) is 0.512. The van der Waals surface area contributed by atoms with Gasteiger partial charge in [-0.15, -0.1) is 0 Å². The van der Waals surface area contributed by atoms with E-state index in [1.165, 1.54) is 6.26 Å². The predicted molar refractivity (Wildman–Crippen MR) is 32.6 cm³/mol. The summed E-state index contributed by atoms with van der Waals surface area (Å²) in [4.78, 5) is 9.88. The molecule has 0 aliphatic heterocycles. The minimum atomic E-state index is -0.123. The van der Waals surface area contributed by atoms with Crippen LogP contribution in [0.25, 0.3) is 0 Å². The van der Waals surface area contributed by atoms with Crippen molar-refractivity contribution in [2.45, 2.75) is 12.8 Å². The van der Waals surface area contributed by atoms with Crippen molar-refractivity contribution in [3.05, 3.63) is 11.8 Å². The Morgan fingerprint density at radius 3 is 3.10 bits per heavy atom. The van der Waals surface area contributed by atoms with E-state index in [-0.39, 0.29) is 5.88 Å². The molecule has 10 heavy (non-hydrogen) atoms. The van der Waals surface area contributed by atoms with E-state index in [0.29, 0.717) is 18.4 Å². The monoisotopic (exact) mass is 141 g/mol. The number of aromatic nitrogens is 1. The number of aromatic hydroxyl groups is 1. The molecular formula is C6H7NO3. The summed E-state index contributed by atoms with van der Waals surface area (Å²) in [5.41, 5.74) is 0.576. The molecule has 0 saturated carbocycles. The van der Waals surface area contributed by atoms with Gasteiger partial charge >= 0.3 is 0 Å². The molecule has 0 spiro atoms. The topological polar surface area (TPSA) is 63.3 Å². The fourth-order valence-electron chi connectivity index (χ4n) is 0.636. The Bertz CT molecular complexity index is 219. The first-order valence-corrected chi connectivity index (χ1v) is 2.90. The fraction of sp³-hybridized carbons (Fsp3) is 0.333. The molecule has 4 heteroatoms. The molecule has 0 fully saturated rings. The smallest absolute Gasteiger partial charge is 0.254 e. The first kappa shape index (κ1) is 6.80. The minimum absolute atomic E-state index is 0.123. The first-order valence-electron chi connectivity index (χ1n) is 2.90. The third-order valence-corrected chi connectivity index (χ3v) is 1.15. The molecule has 4 nitrogen and oxygen atoms in total. The van der Waals surface area contributed by atoms with Gasteiger partial charge in [0.1, 0.15) is 12.5 Å². The lowest BCUT2D eigenvalue weighted by Crippen LogP contribution is -1.82. The van der Waals surface area contributed by atoms with E-state index >= 15 is 0 Å². The highest BCUT2D eigenvalue weighted by Crippen LogP contribution is 2.14. The summed E-state index contributed by atoms with van der Waals surface area (Å²) in [5.74, 6) is -0.123. The van der Waals surface area contributed by atoms with Crippen molar-refractivity contribution < 1.29 is 14.4 Å². The van der Waals surface area contributed by atoms with Crippen molar-refractivity contribution in [2.24, 2.45) is 0 Å². The van der Waals surface area contributed by atoms with Crippen LogP contribution in [-0.4, -0.2) is 16.5 Å². The van der Waals surface area contributed by atoms with Gasteiger partial charge in [-0.05, 0) is 11.6 Å². The van der Waals surface area contributed by atoms with Gasteiger partial charge in [0.25, 0.3) is 5.88 Å². The molecule has 54 valence electrons. The molecule has 1 aromatic heterocycles. The van der Waals surface area contributed by atoms with Crippen LogP contribution in [0.2, 0.25) is 0 Å². The number of aryl methyl sites for hydroxylation is 1.